The highest BCUT2D eigenvalue weighted by atomic mass is 79.9. The number of anilines is 1. The van der Waals surface area contributed by atoms with Crippen LogP contribution < -0.4 is 4.90 Å². The van der Waals surface area contributed by atoms with Crippen LogP contribution in [0.3, 0.4) is 0 Å². The van der Waals surface area contributed by atoms with E-state index in [2.05, 4.69) is 20.8 Å². The number of rotatable bonds is 3. The number of benzene rings is 1. The van der Waals surface area contributed by atoms with E-state index in [1.165, 1.54) is 6.07 Å². The number of fused-ring (bicyclic) bond motifs is 1. The molecule has 0 atom stereocenters. The Kier molecular flexibility index (Phi) is 5.85. The van der Waals surface area contributed by atoms with Gasteiger partial charge in [0.1, 0.15) is 11.2 Å². The highest BCUT2D eigenvalue weighted by molar-refractivity contribution is 9.10. The summed E-state index contributed by atoms with van der Waals surface area (Å²) in [7, 11) is 0. The smallest absolute Gasteiger partial charge is 0.475 e. The zero-order valence-corrected chi connectivity index (χ0v) is 17.6. The molecule has 1 aromatic heterocycles. The van der Waals surface area contributed by atoms with E-state index in [1.54, 1.807) is 31.9 Å². The van der Waals surface area contributed by atoms with E-state index in [-0.39, 0.29) is 5.76 Å². The van der Waals surface area contributed by atoms with Gasteiger partial charge in [0.15, 0.2) is 0 Å². The first-order chi connectivity index (χ1) is 13.1. The van der Waals surface area contributed by atoms with Gasteiger partial charge in [0, 0.05) is 31.1 Å². The third-order valence-electron chi connectivity index (χ3n) is 4.21. The van der Waals surface area contributed by atoms with Crippen LogP contribution in [0.15, 0.2) is 27.1 Å². The molecule has 1 aliphatic rings. The summed E-state index contributed by atoms with van der Waals surface area (Å²) in [4.78, 5) is 30.5. The molecule has 0 radical (unpaired) electrons. The summed E-state index contributed by atoms with van der Waals surface area (Å²) in [5, 5.41) is 11.4. The van der Waals surface area contributed by atoms with E-state index in [1.807, 2.05) is 6.07 Å². The topological polar surface area (TPSA) is 92.5 Å². The van der Waals surface area contributed by atoms with Gasteiger partial charge in [-0.15, -0.1) is 5.06 Å². The van der Waals surface area contributed by atoms with Crippen LogP contribution in [-0.4, -0.2) is 54.1 Å². The standard InChI is InChI=1S/C19H23BrN2O6/c1-19(2,3)27-18(25)28-22-8-4-7-21(9-10-22)13-5-6-14-12(16(13)20)11-15(26-14)17(23)24/h5-6,11H,4,7-10H2,1-3H3,(H,23,24). The fourth-order valence-electron chi connectivity index (χ4n) is 3.02. The summed E-state index contributed by atoms with van der Waals surface area (Å²) in [5.41, 5.74) is 0.844. The molecule has 1 aliphatic heterocycles. The molecule has 3 rings (SSSR count). The Hall–Kier alpha value is -2.26. The zero-order valence-electron chi connectivity index (χ0n) is 16.0. The molecular weight excluding hydrogens is 432 g/mol. The molecule has 0 saturated carbocycles. The molecule has 1 N–H and O–H groups in total. The number of carboxylic acid groups (broad SMARTS) is 1. The maximum absolute atomic E-state index is 11.9. The van der Waals surface area contributed by atoms with E-state index >= 15 is 0 Å². The summed E-state index contributed by atoms with van der Waals surface area (Å²) < 4.78 is 11.3. The maximum atomic E-state index is 11.9. The Balaban J connectivity index is 1.71. The van der Waals surface area contributed by atoms with Crippen molar-refractivity contribution in [2.24, 2.45) is 0 Å². The molecule has 0 spiro atoms. The van der Waals surface area contributed by atoms with Crippen molar-refractivity contribution in [3.05, 3.63) is 28.4 Å². The lowest BCUT2D eigenvalue weighted by Gasteiger charge is -2.25. The average molecular weight is 455 g/mol. The van der Waals surface area contributed by atoms with Crippen LogP contribution in [0.4, 0.5) is 10.5 Å². The molecule has 9 heteroatoms. The molecule has 1 saturated heterocycles. The van der Waals surface area contributed by atoms with Gasteiger partial charge in [0.05, 0.1) is 16.7 Å². The second kappa shape index (κ2) is 8.00. The van der Waals surface area contributed by atoms with Gasteiger partial charge in [-0.05, 0) is 55.3 Å². The van der Waals surface area contributed by atoms with Crippen molar-refractivity contribution < 1.29 is 28.7 Å². The number of hydrogen-bond acceptors (Lipinski definition) is 7. The highest BCUT2D eigenvalue weighted by Gasteiger charge is 2.24. The number of carbonyl (C=O) groups is 2. The van der Waals surface area contributed by atoms with Crippen molar-refractivity contribution in [1.82, 2.24) is 5.06 Å². The first-order valence-corrected chi connectivity index (χ1v) is 9.79. The van der Waals surface area contributed by atoms with Crippen molar-refractivity contribution in [3.63, 3.8) is 0 Å². The predicted octanol–water partition coefficient (Wildman–Crippen LogP) is 4.27. The lowest BCUT2D eigenvalue weighted by molar-refractivity contribution is -0.139. The van der Waals surface area contributed by atoms with Gasteiger partial charge in [-0.2, -0.15) is 0 Å². The quantitative estimate of drug-likeness (QED) is 0.687. The van der Waals surface area contributed by atoms with Gasteiger partial charge in [-0.1, -0.05) is 0 Å². The van der Waals surface area contributed by atoms with Crippen LogP contribution in [0.1, 0.15) is 37.7 Å². The Labute approximate surface area is 171 Å². The average Bonchev–Trinajstić information content (AvgIpc) is 2.90. The van der Waals surface area contributed by atoms with Crippen LogP contribution in [0.2, 0.25) is 0 Å². The molecule has 0 bridgehead atoms. The lowest BCUT2D eigenvalue weighted by Crippen LogP contribution is -2.35. The van der Waals surface area contributed by atoms with Crippen molar-refractivity contribution in [3.8, 4) is 0 Å². The minimum Gasteiger partial charge on any atom is -0.475 e. The number of hydrogen-bond donors (Lipinski definition) is 1. The van der Waals surface area contributed by atoms with Gasteiger partial charge in [-0.25, -0.2) is 9.59 Å². The molecule has 28 heavy (non-hydrogen) atoms. The summed E-state index contributed by atoms with van der Waals surface area (Å²) in [6.07, 6.45) is 0.0853. The van der Waals surface area contributed by atoms with Crippen LogP contribution in [-0.2, 0) is 9.57 Å². The van der Waals surface area contributed by atoms with Crippen LogP contribution >= 0.6 is 15.9 Å². The van der Waals surface area contributed by atoms with Crippen molar-refractivity contribution in [1.29, 1.82) is 0 Å². The van der Waals surface area contributed by atoms with Gasteiger partial charge in [-0.3, -0.25) is 0 Å². The first-order valence-electron chi connectivity index (χ1n) is 9.00. The monoisotopic (exact) mass is 454 g/mol. The second-order valence-electron chi connectivity index (χ2n) is 7.55. The SMILES string of the molecule is CC(C)(C)OC(=O)ON1CCCN(c2ccc3oc(C(=O)O)cc3c2Br)CC1. The molecule has 8 nitrogen and oxygen atoms in total. The second-order valence-corrected chi connectivity index (χ2v) is 8.34. The predicted molar refractivity (Wildman–Crippen MR) is 107 cm³/mol. The lowest BCUT2D eigenvalue weighted by atomic mass is 10.2. The van der Waals surface area contributed by atoms with E-state index in [9.17, 15) is 9.59 Å². The summed E-state index contributed by atoms with van der Waals surface area (Å²) in [5.74, 6) is -1.20. The number of ether oxygens (including phenoxy) is 1. The van der Waals surface area contributed by atoms with Crippen LogP contribution in [0.25, 0.3) is 11.0 Å². The molecule has 0 amide bonds. The zero-order chi connectivity index (χ0) is 20.5. The Morgan fingerprint density at radius 2 is 1.93 bits per heavy atom. The minimum absolute atomic E-state index is 0.0966. The Morgan fingerprint density at radius 3 is 2.61 bits per heavy atom. The van der Waals surface area contributed by atoms with Gasteiger partial charge >= 0.3 is 12.1 Å². The number of hydroxylamine groups is 2. The van der Waals surface area contributed by atoms with Crippen molar-refractivity contribution in [2.45, 2.75) is 32.8 Å². The third kappa shape index (κ3) is 4.77. The number of aromatic carboxylic acids is 1. The summed E-state index contributed by atoms with van der Waals surface area (Å²) in [6.45, 7) is 7.89. The number of furan rings is 1. The number of carbonyl (C=O) groups excluding carboxylic acids is 1. The van der Waals surface area contributed by atoms with E-state index in [0.29, 0.717) is 30.6 Å². The van der Waals surface area contributed by atoms with Gasteiger partial charge in [0.2, 0.25) is 5.76 Å². The van der Waals surface area contributed by atoms with Crippen LogP contribution in [0.5, 0.6) is 0 Å². The third-order valence-corrected chi connectivity index (χ3v) is 5.05. The fraction of sp³-hybridized carbons (Fsp3) is 0.474. The largest absolute Gasteiger partial charge is 0.528 e. The van der Waals surface area contributed by atoms with E-state index < -0.39 is 17.7 Å². The molecule has 0 aliphatic carbocycles. The Bertz CT molecular complexity index is 888. The number of carboxylic acids is 1. The van der Waals surface area contributed by atoms with Crippen molar-refractivity contribution >= 4 is 44.7 Å². The Morgan fingerprint density at radius 1 is 1.18 bits per heavy atom. The number of nitrogens with zero attached hydrogens (tertiary/aromatic N) is 2. The maximum Gasteiger partial charge on any atom is 0.528 e. The molecule has 1 fully saturated rings. The molecule has 2 aromatic rings. The molecule has 152 valence electrons. The van der Waals surface area contributed by atoms with Crippen LogP contribution in [0, 0.1) is 0 Å². The fourth-order valence-corrected chi connectivity index (χ4v) is 3.71. The van der Waals surface area contributed by atoms with Gasteiger partial charge in [0.25, 0.3) is 0 Å². The summed E-state index contributed by atoms with van der Waals surface area (Å²) in [6, 6.07) is 5.18. The van der Waals surface area contributed by atoms with Crippen molar-refractivity contribution in [2.75, 3.05) is 31.1 Å². The highest BCUT2D eigenvalue weighted by Crippen LogP contribution is 2.36. The molecular formula is C19H23BrN2O6. The molecule has 2 heterocycles. The van der Waals surface area contributed by atoms with E-state index in [4.69, 9.17) is 19.1 Å². The normalized spacial score (nSPS) is 16.1. The number of halogens is 1. The minimum atomic E-state index is -1.10. The molecule has 0 unspecified atom stereocenters. The first kappa shape index (κ1) is 20.5. The van der Waals surface area contributed by atoms with Gasteiger partial charge < -0.3 is 24.0 Å². The molecule has 1 aromatic carbocycles. The summed E-state index contributed by atoms with van der Waals surface area (Å²) >= 11 is 3.58. The van der Waals surface area contributed by atoms with E-state index in [0.717, 1.165) is 23.1 Å².